The van der Waals surface area contributed by atoms with Gasteiger partial charge in [0.25, 0.3) is 0 Å². The molecule has 152 valence electrons. The molecule has 0 radical (unpaired) electrons. The summed E-state index contributed by atoms with van der Waals surface area (Å²) in [6.45, 7) is 4.47. The number of aromatic nitrogens is 5. The van der Waals surface area contributed by atoms with Crippen molar-refractivity contribution in [3.8, 4) is 5.88 Å². The van der Waals surface area contributed by atoms with Gasteiger partial charge in [0.05, 0.1) is 13.2 Å². The van der Waals surface area contributed by atoms with Crippen LogP contribution in [0.2, 0.25) is 0 Å². The molecular weight excluding hydrogens is 391 g/mol. The van der Waals surface area contributed by atoms with E-state index in [-0.39, 0.29) is 0 Å². The summed E-state index contributed by atoms with van der Waals surface area (Å²) in [4.78, 5) is 13.1. The Morgan fingerprint density at radius 2 is 2.14 bits per heavy atom. The van der Waals surface area contributed by atoms with Gasteiger partial charge in [-0.1, -0.05) is 17.4 Å². The number of hydrogen-bond acceptors (Lipinski definition) is 8. The summed E-state index contributed by atoms with van der Waals surface area (Å²) >= 11 is 1.56. The van der Waals surface area contributed by atoms with Gasteiger partial charge >= 0.3 is 0 Å². The minimum atomic E-state index is -0.467. The molecule has 9 heteroatoms. The van der Waals surface area contributed by atoms with Crippen molar-refractivity contribution >= 4 is 17.2 Å². The highest BCUT2D eigenvalue weighted by molar-refractivity contribution is 7.11. The highest BCUT2D eigenvalue weighted by Crippen LogP contribution is 2.48. The van der Waals surface area contributed by atoms with Gasteiger partial charge in [-0.05, 0) is 38.7 Å². The summed E-state index contributed by atoms with van der Waals surface area (Å²) in [5, 5.41) is 13.2. The zero-order valence-electron chi connectivity index (χ0n) is 16.4. The predicted octanol–water partition coefficient (Wildman–Crippen LogP) is 3.99. The van der Waals surface area contributed by atoms with Crippen LogP contribution in [0.15, 0.2) is 24.4 Å². The fraction of sp³-hybridized carbons (Fsp3) is 0.450. The second-order valence-electron chi connectivity index (χ2n) is 7.17. The number of aryl methyl sites for hydroxylation is 2. The topological polar surface area (TPSA) is 85.7 Å². The van der Waals surface area contributed by atoms with E-state index in [9.17, 15) is 4.39 Å². The van der Waals surface area contributed by atoms with Gasteiger partial charge in [0.2, 0.25) is 5.88 Å². The lowest BCUT2D eigenvalue weighted by Gasteiger charge is -2.09. The van der Waals surface area contributed by atoms with Gasteiger partial charge < -0.3 is 10.1 Å². The smallest absolute Gasteiger partial charge is 0.218 e. The molecule has 7 nitrogen and oxygen atoms in total. The predicted molar refractivity (Wildman–Crippen MR) is 109 cm³/mol. The summed E-state index contributed by atoms with van der Waals surface area (Å²) < 4.78 is 18.5. The third-order valence-electron chi connectivity index (χ3n) is 4.85. The molecule has 0 bridgehead atoms. The maximum absolute atomic E-state index is 12.6. The SMILES string of the molecule is Cc1nc(NCc2nnc(C)s2)cc(OCC[C@H]2C[C@@H]2c2ccc(CF)cn2)n1. The van der Waals surface area contributed by atoms with Crippen LogP contribution in [0.25, 0.3) is 0 Å². The first-order valence-electron chi connectivity index (χ1n) is 9.63. The zero-order chi connectivity index (χ0) is 20.2. The van der Waals surface area contributed by atoms with Crippen molar-refractivity contribution in [2.24, 2.45) is 5.92 Å². The Kier molecular flexibility index (Phi) is 5.94. The van der Waals surface area contributed by atoms with Gasteiger partial charge in [-0.25, -0.2) is 9.37 Å². The van der Waals surface area contributed by atoms with Crippen molar-refractivity contribution in [3.63, 3.8) is 0 Å². The minimum Gasteiger partial charge on any atom is -0.478 e. The molecule has 1 aliphatic rings. The highest BCUT2D eigenvalue weighted by Gasteiger charge is 2.38. The van der Waals surface area contributed by atoms with Crippen LogP contribution >= 0.6 is 11.3 Å². The van der Waals surface area contributed by atoms with Crippen molar-refractivity contribution in [2.45, 2.75) is 45.8 Å². The number of ether oxygens (including phenoxy) is 1. The highest BCUT2D eigenvalue weighted by atomic mass is 32.1. The van der Waals surface area contributed by atoms with Gasteiger partial charge in [-0.15, -0.1) is 10.2 Å². The van der Waals surface area contributed by atoms with Crippen LogP contribution in [0.4, 0.5) is 10.2 Å². The fourth-order valence-electron chi connectivity index (χ4n) is 3.26. The lowest BCUT2D eigenvalue weighted by atomic mass is 10.1. The third-order valence-corrected chi connectivity index (χ3v) is 5.68. The average Bonchev–Trinajstić information content (AvgIpc) is 3.37. The largest absolute Gasteiger partial charge is 0.478 e. The number of halogens is 1. The van der Waals surface area contributed by atoms with Crippen LogP contribution in [-0.4, -0.2) is 31.8 Å². The summed E-state index contributed by atoms with van der Waals surface area (Å²) in [7, 11) is 0. The molecule has 1 fully saturated rings. The van der Waals surface area contributed by atoms with Crippen molar-refractivity contribution < 1.29 is 9.13 Å². The Bertz CT molecular complexity index is 964. The Hall–Kier alpha value is -2.68. The number of nitrogens with zero attached hydrogens (tertiary/aromatic N) is 5. The maximum Gasteiger partial charge on any atom is 0.218 e. The molecule has 1 aliphatic carbocycles. The van der Waals surface area contributed by atoms with Gasteiger partial charge in [-0.3, -0.25) is 4.98 Å². The van der Waals surface area contributed by atoms with E-state index in [1.807, 2.05) is 32.0 Å². The Morgan fingerprint density at radius 3 is 2.86 bits per heavy atom. The number of alkyl halides is 1. The van der Waals surface area contributed by atoms with Crippen LogP contribution in [-0.2, 0) is 13.2 Å². The molecular formula is C20H23FN6OS. The van der Waals surface area contributed by atoms with Crippen molar-refractivity contribution in [2.75, 3.05) is 11.9 Å². The van der Waals surface area contributed by atoms with Crippen LogP contribution in [0.1, 0.15) is 45.9 Å². The summed E-state index contributed by atoms with van der Waals surface area (Å²) in [6, 6.07) is 5.56. The standard InChI is InChI=1S/C20H23FN6OS/c1-12-24-18(23-11-20-27-26-13(2)29-20)8-19(25-12)28-6-5-15-7-16(15)17-4-3-14(9-21)10-22-17/h3-4,8,10,15-16H,5-7,9,11H2,1-2H3,(H,23,24,25)/t15-,16-/m0/s1. The van der Waals surface area contributed by atoms with Crippen LogP contribution in [0.5, 0.6) is 5.88 Å². The van der Waals surface area contributed by atoms with E-state index in [1.165, 1.54) is 0 Å². The lowest BCUT2D eigenvalue weighted by molar-refractivity contribution is 0.289. The number of rotatable bonds is 9. The Balaban J connectivity index is 1.26. The van der Waals surface area contributed by atoms with Crippen molar-refractivity contribution in [3.05, 3.63) is 51.5 Å². The van der Waals surface area contributed by atoms with E-state index in [1.54, 1.807) is 17.5 Å². The molecule has 0 saturated heterocycles. The Morgan fingerprint density at radius 1 is 1.24 bits per heavy atom. The van der Waals surface area contributed by atoms with Gasteiger partial charge in [0.1, 0.15) is 28.3 Å². The van der Waals surface area contributed by atoms with Crippen LogP contribution in [0, 0.1) is 19.8 Å². The normalized spacial score (nSPS) is 17.9. The first-order valence-corrected chi connectivity index (χ1v) is 10.4. The number of nitrogens with one attached hydrogen (secondary N) is 1. The molecule has 2 atom stereocenters. The Labute approximate surface area is 172 Å². The van der Waals surface area contributed by atoms with Gasteiger partial charge in [0, 0.05) is 29.4 Å². The molecule has 0 amide bonds. The molecule has 0 unspecified atom stereocenters. The third kappa shape index (κ3) is 5.23. The molecule has 0 aromatic carbocycles. The van der Waals surface area contributed by atoms with E-state index in [2.05, 4.69) is 30.5 Å². The second-order valence-corrected chi connectivity index (χ2v) is 8.44. The number of pyridine rings is 1. The first-order chi connectivity index (χ1) is 14.1. The molecule has 3 heterocycles. The number of hydrogen-bond donors (Lipinski definition) is 1. The van der Waals surface area contributed by atoms with Gasteiger partial charge in [0.15, 0.2) is 0 Å². The van der Waals surface area contributed by atoms with E-state index >= 15 is 0 Å². The van der Waals surface area contributed by atoms with Crippen LogP contribution < -0.4 is 10.1 Å². The molecule has 3 aromatic heterocycles. The summed E-state index contributed by atoms with van der Waals surface area (Å²) in [5.41, 5.74) is 1.67. The maximum atomic E-state index is 12.6. The monoisotopic (exact) mass is 414 g/mol. The van der Waals surface area contributed by atoms with Crippen molar-refractivity contribution in [1.82, 2.24) is 25.1 Å². The molecule has 3 aromatic rings. The van der Waals surface area contributed by atoms with E-state index in [0.29, 0.717) is 48.1 Å². The van der Waals surface area contributed by atoms with Crippen molar-refractivity contribution in [1.29, 1.82) is 0 Å². The average molecular weight is 415 g/mol. The molecule has 0 spiro atoms. The number of anilines is 1. The molecule has 1 N–H and O–H groups in total. The molecule has 4 rings (SSSR count). The van der Waals surface area contributed by atoms with Crippen LogP contribution in [0.3, 0.4) is 0 Å². The fourth-order valence-corrected chi connectivity index (χ4v) is 3.91. The molecule has 0 aliphatic heterocycles. The summed E-state index contributed by atoms with van der Waals surface area (Å²) in [5.74, 6) is 2.93. The minimum absolute atomic E-state index is 0.451. The van der Waals surface area contributed by atoms with E-state index in [4.69, 9.17) is 4.74 Å². The molecule has 1 saturated carbocycles. The lowest BCUT2D eigenvalue weighted by Crippen LogP contribution is -2.06. The zero-order valence-corrected chi connectivity index (χ0v) is 17.2. The van der Waals surface area contributed by atoms with E-state index in [0.717, 1.165) is 28.6 Å². The second kappa shape index (κ2) is 8.77. The first kappa shape index (κ1) is 19.6. The summed E-state index contributed by atoms with van der Waals surface area (Å²) in [6.07, 6.45) is 3.66. The van der Waals surface area contributed by atoms with Gasteiger partial charge in [-0.2, -0.15) is 4.98 Å². The molecule has 29 heavy (non-hydrogen) atoms. The van der Waals surface area contributed by atoms with E-state index < -0.39 is 6.67 Å². The quantitative estimate of drug-likeness (QED) is 0.566.